The zero-order valence-electron chi connectivity index (χ0n) is 9.65. The van der Waals surface area contributed by atoms with E-state index in [2.05, 4.69) is 15.1 Å². The average molecular weight is 265 g/mol. The summed E-state index contributed by atoms with van der Waals surface area (Å²) in [6, 6.07) is 1.75. The molecule has 1 fully saturated rings. The number of rotatable bonds is 3. The van der Waals surface area contributed by atoms with Gasteiger partial charge in [0.1, 0.15) is 0 Å². The summed E-state index contributed by atoms with van der Waals surface area (Å²) in [5, 5.41) is 13.9. The highest BCUT2D eigenvalue weighted by Gasteiger charge is 2.36. The van der Waals surface area contributed by atoms with Gasteiger partial charge >= 0.3 is 6.09 Å². The molecule has 1 N–H and O–H groups in total. The van der Waals surface area contributed by atoms with Crippen LogP contribution in [0.5, 0.6) is 0 Å². The van der Waals surface area contributed by atoms with Gasteiger partial charge in [-0.25, -0.2) is 14.7 Å². The number of anilines is 1. The van der Waals surface area contributed by atoms with Crippen molar-refractivity contribution in [2.45, 2.75) is 24.0 Å². The van der Waals surface area contributed by atoms with Crippen LogP contribution in [0.1, 0.15) is 12.8 Å². The number of hydrogen-bond donors (Lipinski definition) is 1. The van der Waals surface area contributed by atoms with E-state index in [1.807, 2.05) is 6.26 Å². The summed E-state index contributed by atoms with van der Waals surface area (Å²) in [6.45, 7) is 0. The minimum Gasteiger partial charge on any atom is -0.465 e. The fourth-order valence-corrected chi connectivity index (χ4v) is 2.13. The summed E-state index contributed by atoms with van der Waals surface area (Å²) in [6.07, 6.45) is 4.18. The van der Waals surface area contributed by atoms with Gasteiger partial charge in [0.15, 0.2) is 10.8 Å². The van der Waals surface area contributed by atoms with Crippen LogP contribution in [0.3, 0.4) is 0 Å². The fourth-order valence-electron chi connectivity index (χ4n) is 1.78. The Morgan fingerprint density at radius 1 is 1.56 bits per heavy atom. The van der Waals surface area contributed by atoms with E-state index in [1.165, 1.54) is 21.2 Å². The summed E-state index contributed by atoms with van der Waals surface area (Å²) >= 11 is 1.38. The molecule has 2 heterocycles. The Hall–Kier alpha value is -1.83. The molecule has 1 aliphatic rings. The Morgan fingerprint density at radius 2 is 2.33 bits per heavy atom. The second-order valence-corrected chi connectivity index (χ2v) is 4.77. The number of nitrogens with zero attached hydrogens (tertiary/aromatic N) is 5. The summed E-state index contributed by atoms with van der Waals surface area (Å²) in [5.41, 5.74) is 0.608. The van der Waals surface area contributed by atoms with Crippen LogP contribution in [0.25, 0.3) is 5.65 Å². The van der Waals surface area contributed by atoms with E-state index in [0.717, 1.165) is 12.8 Å². The molecule has 1 aliphatic carbocycles. The summed E-state index contributed by atoms with van der Waals surface area (Å²) in [4.78, 5) is 21.2. The van der Waals surface area contributed by atoms with Crippen molar-refractivity contribution < 1.29 is 9.90 Å². The molecular weight excluding hydrogens is 254 g/mol. The highest BCUT2D eigenvalue weighted by atomic mass is 32.2. The summed E-state index contributed by atoms with van der Waals surface area (Å²) < 4.78 is 1.46. The summed E-state index contributed by atoms with van der Waals surface area (Å²) in [5.74, 6) is 0.323. The van der Waals surface area contributed by atoms with Crippen LogP contribution in [-0.2, 0) is 0 Å². The molecule has 3 rings (SSSR count). The van der Waals surface area contributed by atoms with Gasteiger partial charge in [-0.05, 0) is 19.1 Å². The van der Waals surface area contributed by atoms with Gasteiger partial charge in [-0.3, -0.25) is 0 Å². The topological polar surface area (TPSA) is 83.6 Å². The van der Waals surface area contributed by atoms with Crippen LogP contribution in [0, 0.1) is 0 Å². The molecular formula is C10H11N5O2S. The summed E-state index contributed by atoms with van der Waals surface area (Å²) in [7, 11) is 0. The van der Waals surface area contributed by atoms with E-state index < -0.39 is 6.09 Å². The van der Waals surface area contributed by atoms with Crippen molar-refractivity contribution in [1.82, 2.24) is 19.6 Å². The Bertz CT molecular complexity index is 609. The van der Waals surface area contributed by atoms with E-state index in [0.29, 0.717) is 16.8 Å². The van der Waals surface area contributed by atoms with Crippen molar-refractivity contribution in [3.63, 3.8) is 0 Å². The van der Waals surface area contributed by atoms with Crippen LogP contribution < -0.4 is 4.90 Å². The van der Waals surface area contributed by atoms with E-state index >= 15 is 0 Å². The normalized spacial score (nSPS) is 14.9. The van der Waals surface area contributed by atoms with Gasteiger partial charge in [-0.15, -0.1) is 0 Å². The van der Waals surface area contributed by atoms with Crippen molar-refractivity contribution in [2.75, 3.05) is 11.2 Å². The molecule has 94 valence electrons. The van der Waals surface area contributed by atoms with Gasteiger partial charge in [0.05, 0.1) is 6.20 Å². The number of aromatic nitrogens is 4. The van der Waals surface area contributed by atoms with Crippen LogP contribution in [0.15, 0.2) is 17.4 Å². The molecule has 0 spiro atoms. The van der Waals surface area contributed by atoms with Crippen molar-refractivity contribution in [3.8, 4) is 0 Å². The van der Waals surface area contributed by atoms with E-state index in [9.17, 15) is 9.90 Å². The molecule has 0 aliphatic heterocycles. The number of fused-ring (bicyclic) bond motifs is 1. The van der Waals surface area contributed by atoms with Crippen molar-refractivity contribution >= 4 is 29.5 Å². The third-order valence-electron chi connectivity index (χ3n) is 2.73. The molecule has 8 heteroatoms. The molecule has 2 aromatic heterocycles. The number of thioether (sulfide) groups is 1. The lowest BCUT2D eigenvalue weighted by Crippen LogP contribution is -2.34. The quantitative estimate of drug-likeness (QED) is 0.846. The molecule has 0 radical (unpaired) electrons. The smallest absolute Gasteiger partial charge is 0.414 e. The van der Waals surface area contributed by atoms with Crippen molar-refractivity contribution in [1.29, 1.82) is 0 Å². The lowest BCUT2D eigenvalue weighted by atomic mass is 10.5. The third-order valence-corrected chi connectivity index (χ3v) is 3.28. The first kappa shape index (κ1) is 11.3. The lowest BCUT2D eigenvalue weighted by Gasteiger charge is -2.18. The second kappa shape index (κ2) is 4.13. The number of amides is 1. The van der Waals surface area contributed by atoms with E-state index in [1.54, 1.807) is 12.3 Å². The van der Waals surface area contributed by atoms with Gasteiger partial charge in [-0.1, -0.05) is 11.8 Å². The Morgan fingerprint density at radius 3 is 2.94 bits per heavy atom. The fraction of sp³-hybridized carbons (Fsp3) is 0.400. The first-order valence-corrected chi connectivity index (χ1v) is 6.71. The molecule has 0 aromatic carbocycles. The molecule has 0 unspecified atom stereocenters. The van der Waals surface area contributed by atoms with Gasteiger partial charge in [0.2, 0.25) is 5.95 Å². The minimum atomic E-state index is -1.000. The standard InChI is InChI=1S/C10H11N5O2S/c1-18-8-12-7-4-5-11-15(7)9(13-8)14(10(16)17)6-2-3-6/h4-6H,2-3H2,1H3,(H,16,17). The average Bonchev–Trinajstić information content (AvgIpc) is 3.05. The van der Waals surface area contributed by atoms with Crippen LogP contribution >= 0.6 is 11.8 Å². The maximum absolute atomic E-state index is 11.4. The number of carbonyl (C=O) groups is 1. The predicted octanol–water partition coefficient (Wildman–Crippen LogP) is 1.49. The zero-order chi connectivity index (χ0) is 12.7. The molecule has 2 aromatic rings. The van der Waals surface area contributed by atoms with Crippen molar-refractivity contribution in [3.05, 3.63) is 12.3 Å². The van der Waals surface area contributed by atoms with Crippen molar-refractivity contribution in [2.24, 2.45) is 0 Å². The molecule has 18 heavy (non-hydrogen) atoms. The van der Waals surface area contributed by atoms with Crippen LogP contribution in [0.2, 0.25) is 0 Å². The van der Waals surface area contributed by atoms with Crippen LogP contribution in [-0.4, -0.2) is 43.1 Å². The lowest BCUT2D eigenvalue weighted by molar-refractivity contribution is 0.200. The van der Waals surface area contributed by atoms with E-state index in [-0.39, 0.29) is 6.04 Å². The Kier molecular flexibility index (Phi) is 2.58. The zero-order valence-corrected chi connectivity index (χ0v) is 10.5. The monoisotopic (exact) mass is 265 g/mol. The first-order valence-electron chi connectivity index (χ1n) is 5.48. The van der Waals surface area contributed by atoms with Gasteiger partial charge in [0, 0.05) is 12.1 Å². The molecule has 0 atom stereocenters. The molecule has 0 bridgehead atoms. The largest absolute Gasteiger partial charge is 0.465 e. The van der Waals surface area contributed by atoms with Gasteiger partial charge in [-0.2, -0.15) is 14.6 Å². The molecule has 7 nitrogen and oxygen atoms in total. The Balaban J connectivity index is 2.18. The predicted molar refractivity (Wildman–Crippen MR) is 66.1 cm³/mol. The molecule has 0 saturated heterocycles. The van der Waals surface area contributed by atoms with Crippen LogP contribution in [0.4, 0.5) is 10.7 Å². The highest BCUT2D eigenvalue weighted by Crippen LogP contribution is 2.31. The molecule has 1 amide bonds. The third kappa shape index (κ3) is 1.78. The maximum atomic E-state index is 11.4. The SMILES string of the molecule is CSc1nc(N(C(=O)O)C2CC2)n2nccc2n1. The maximum Gasteiger partial charge on any atom is 0.414 e. The van der Waals surface area contributed by atoms with E-state index in [4.69, 9.17) is 0 Å². The molecule has 1 saturated carbocycles. The van der Waals surface area contributed by atoms with Gasteiger partial charge < -0.3 is 5.11 Å². The number of carboxylic acid groups (broad SMARTS) is 1. The first-order chi connectivity index (χ1) is 8.70. The number of hydrogen-bond acceptors (Lipinski definition) is 5. The van der Waals surface area contributed by atoms with Gasteiger partial charge in [0.25, 0.3) is 0 Å². The minimum absolute atomic E-state index is 0.0134. The second-order valence-electron chi connectivity index (χ2n) is 4.00. The highest BCUT2D eigenvalue weighted by molar-refractivity contribution is 7.98. The Labute approximate surface area is 107 Å².